The van der Waals surface area contributed by atoms with Gasteiger partial charge in [0.05, 0.1) is 24.5 Å². The molecule has 182 valence electrons. The van der Waals surface area contributed by atoms with Gasteiger partial charge in [0, 0.05) is 13.0 Å². The van der Waals surface area contributed by atoms with Crippen molar-refractivity contribution in [2.45, 2.75) is 45.1 Å². The van der Waals surface area contributed by atoms with Gasteiger partial charge >= 0.3 is 5.97 Å². The molecule has 0 aromatic heterocycles. The average Bonchev–Trinajstić information content (AvgIpc) is 2.79. The minimum absolute atomic E-state index is 0.0178. The lowest BCUT2D eigenvalue weighted by Gasteiger charge is -2.21. The number of ether oxygens (including phenoxy) is 1. The Morgan fingerprint density at radius 1 is 1.15 bits per heavy atom. The van der Waals surface area contributed by atoms with Crippen LogP contribution in [0.25, 0.3) is 0 Å². The van der Waals surface area contributed by atoms with Crippen molar-refractivity contribution in [2.24, 2.45) is 11.8 Å². The van der Waals surface area contributed by atoms with Gasteiger partial charge in [-0.2, -0.15) is 0 Å². The van der Waals surface area contributed by atoms with Gasteiger partial charge in [-0.15, -0.1) is 13.2 Å². The van der Waals surface area contributed by atoms with E-state index >= 15 is 0 Å². The first-order valence-corrected chi connectivity index (χ1v) is 11.1. The fraction of sp³-hybridized carbons (Fsp3) is 0.480. The second-order valence-electron chi connectivity index (χ2n) is 7.93. The Balaban J connectivity index is 2.61. The molecule has 0 aliphatic rings. The maximum Gasteiger partial charge on any atom is 0.309 e. The van der Waals surface area contributed by atoms with E-state index in [0.717, 1.165) is 5.56 Å². The van der Waals surface area contributed by atoms with Crippen LogP contribution in [-0.4, -0.2) is 48.7 Å². The molecule has 2 amide bonds. The molecule has 1 aromatic carbocycles. The van der Waals surface area contributed by atoms with E-state index in [2.05, 4.69) is 23.8 Å². The maximum absolute atomic E-state index is 13.2. The monoisotopic (exact) mass is 462 g/mol. The Labute approximate surface area is 195 Å². The van der Waals surface area contributed by atoms with Gasteiger partial charge in [0.25, 0.3) is 0 Å². The number of allylic oxidation sites excluding steroid dienone is 2. The topological polar surface area (TPSA) is 105 Å². The number of halogens is 1. The van der Waals surface area contributed by atoms with Crippen LogP contribution in [0.1, 0.15) is 38.2 Å². The molecule has 0 saturated carbocycles. The van der Waals surface area contributed by atoms with Crippen LogP contribution >= 0.6 is 0 Å². The van der Waals surface area contributed by atoms with Crippen LogP contribution in [0.15, 0.2) is 49.6 Å². The first kappa shape index (κ1) is 28.0. The van der Waals surface area contributed by atoms with Crippen LogP contribution in [0.5, 0.6) is 0 Å². The molecule has 0 fully saturated rings. The van der Waals surface area contributed by atoms with Gasteiger partial charge in [-0.05, 0) is 50.3 Å². The van der Waals surface area contributed by atoms with E-state index in [1.165, 1.54) is 12.1 Å². The summed E-state index contributed by atoms with van der Waals surface area (Å²) < 4.78 is 18.6. The first-order chi connectivity index (χ1) is 15.8. The molecule has 0 heterocycles. The van der Waals surface area contributed by atoms with E-state index in [1.54, 1.807) is 31.2 Å². The summed E-state index contributed by atoms with van der Waals surface area (Å²) in [6.07, 6.45) is 5.16. The van der Waals surface area contributed by atoms with Crippen molar-refractivity contribution in [3.63, 3.8) is 0 Å². The van der Waals surface area contributed by atoms with Crippen molar-refractivity contribution in [1.29, 1.82) is 0 Å². The van der Waals surface area contributed by atoms with Crippen molar-refractivity contribution in [1.82, 2.24) is 10.6 Å². The first-order valence-electron chi connectivity index (χ1n) is 11.1. The standard InChI is InChI=1S/C25H35FN2O5/c1-4-6-8-21(15-19-9-11-22(26)12-10-19)25(32)33-17-18(3)28-24(31)20(7-5-2)16-23(30)27-13-14-29/h4-5,9-12,18,20-21,29H,1-2,6-8,13-17H2,3H3,(H,27,30)(H,28,31)/t18-,20-,21-/m1/s1. The summed E-state index contributed by atoms with van der Waals surface area (Å²) in [5.74, 6) is -2.44. The van der Waals surface area contributed by atoms with Gasteiger partial charge in [-0.25, -0.2) is 4.39 Å². The second kappa shape index (κ2) is 15.7. The molecule has 0 spiro atoms. The quantitative estimate of drug-likeness (QED) is 0.259. The van der Waals surface area contributed by atoms with Crippen LogP contribution in [-0.2, 0) is 25.5 Å². The summed E-state index contributed by atoms with van der Waals surface area (Å²) in [5, 5.41) is 14.1. The Morgan fingerprint density at radius 2 is 1.85 bits per heavy atom. The Hall–Kier alpha value is -3.00. The minimum atomic E-state index is -0.613. The third kappa shape index (κ3) is 11.4. The Kier molecular flexibility index (Phi) is 13.4. The molecule has 7 nitrogen and oxygen atoms in total. The molecule has 33 heavy (non-hydrogen) atoms. The van der Waals surface area contributed by atoms with Gasteiger partial charge in [-0.1, -0.05) is 24.3 Å². The molecule has 0 aliphatic heterocycles. The minimum Gasteiger partial charge on any atom is -0.463 e. The fourth-order valence-electron chi connectivity index (χ4n) is 3.23. The molecule has 3 atom stereocenters. The van der Waals surface area contributed by atoms with E-state index < -0.39 is 23.8 Å². The zero-order chi connectivity index (χ0) is 24.6. The lowest BCUT2D eigenvalue weighted by molar-refractivity contribution is -0.150. The molecule has 0 bridgehead atoms. The van der Waals surface area contributed by atoms with Gasteiger partial charge in [-0.3, -0.25) is 14.4 Å². The van der Waals surface area contributed by atoms with E-state index in [-0.39, 0.29) is 43.8 Å². The number of esters is 1. The SMILES string of the molecule is C=CCC[C@H](Cc1ccc(F)cc1)C(=O)OC[C@@H](C)NC(=O)[C@H](CC=C)CC(=O)NCCO. The summed E-state index contributed by atoms with van der Waals surface area (Å²) in [6, 6.07) is 5.53. The summed E-state index contributed by atoms with van der Waals surface area (Å²) in [7, 11) is 0. The molecule has 1 aromatic rings. The van der Waals surface area contributed by atoms with Crippen molar-refractivity contribution in [3.8, 4) is 0 Å². The highest BCUT2D eigenvalue weighted by Gasteiger charge is 2.24. The summed E-state index contributed by atoms with van der Waals surface area (Å²) in [5.41, 5.74) is 0.829. The molecule has 8 heteroatoms. The van der Waals surface area contributed by atoms with Crippen LogP contribution in [0.4, 0.5) is 4.39 Å². The van der Waals surface area contributed by atoms with E-state index in [0.29, 0.717) is 25.7 Å². The molecule has 0 radical (unpaired) electrons. The number of amides is 2. The molecule has 0 saturated heterocycles. The average molecular weight is 463 g/mol. The molecule has 1 rings (SSSR count). The number of hydrogen-bond acceptors (Lipinski definition) is 5. The molecular formula is C25H35FN2O5. The fourth-order valence-corrected chi connectivity index (χ4v) is 3.23. The lowest BCUT2D eigenvalue weighted by atomic mass is 9.95. The number of benzene rings is 1. The third-order valence-electron chi connectivity index (χ3n) is 5.00. The van der Waals surface area contributed by atoms with Gasteiger partial charge in [0.2, 0.25) is 11.8 Å². The predicted octanol–water partition coefficient (Wildman–Crippen LogP) is 2.69. The predicted molar refractivity (Wildman–Crippen MR) is 125 cm³/mol. The molecule has 0 unspecified atom stereocenters. The largest absolute Gasteiger partial charge is 0.463 e. The Morgan fingerprint density at radius 3 is 2.45 bits per heavy atom. The number of nitrogens with one attached hydrogen (secondary N) is 2. The number of aliphatic hydroxyl groups excluding tert-OH is 1. The molecule has 3 N–H and O–H groups in total. The van der Waals surface area contributed by atoms with E-state index in [4.69, 9.17) is 9.84 Å². The highest BCUT2D eigenvalue weighted by atomic mass is 19.1. The van der Waals surface area contributed by atoms with Crippen LogP contribution in [0.2, 0.25) is 0 Å². The highest BCUT2D eigenvalue weighted by molar-refractivity contribution is 5.86. The van der Waals surface area contributed by atoms with Crippen molar-refractivity contribution in [2.75, 3.05) is 19.8 Å². The van der Waals surface area contributed by atoms with Crippen LogP contribution < -0.4 is 10.6 Å². The number of carbonyl (C=O) groups excluding carboxylic acids is 3. The van der Waals surface area contributed by atoms with Crippen molar-refractivity contribution in [3.05, 3.63) is 61.0 Å². The van der Waals surface area contributed by atoms with E-state index in [9.17, 15) is 18.8 Å². The lowest BCUT2D eigenvalue weighted by Crippen LogP contribution is -2.42. The Bertz CT molecular complexity index is 782. The third-order valence-corrected chi connectivity index (χ3v) is 5.00. The number of aliphatic hydroxyl groups is 1. The number of carbonyl (C=O) groups is 3. The number of rotatable bonds is 16. The van der Waals surface area contributed by atoms with Crippen molar-refractivity contribution < 1.29 is 28.6 Å². The summed E-state index contributed by atoms with van der Waals surface area (Å²) in [6.45, 7) is 8.95. The van der Waals surface area contributed by atoms with Crippen molar-refractivity contribution >= 4 is 17.8 Å². The zero-order valence-corrected chi connectivity index (χ0v) is 19.2. The smallest absolute Gasteiger partial charge is 0.309 e. The number of hydrogen-bond donors (Lipinski definition) is 3. The van der Waals surface area contributed by atoms with Crippen LogP contribution in [0.3, 0.4) is 0 Å². The van der Waals surface area contributed by atoms with E-state index in [1.807, 2.05) is 0 Å². The molecule has 0 aliphatic carbocycles. The highest BCUT2D eigenvalue weighted by Crippen LogP contribution is 2.17. The van der Waals surface area contributed by atoms with Crippen LogP contribution in [0, 0.1) is 17.7 Å². The summed E-state index contributed by atoms with van der Waals surface area (Å²) in [4.78, 5) is 37.1. The normalized spacial score (nSPS) is 13.3. The van der Waals surface area contributed by atoms with Gasteiger partial charge in [0.1, 0.15) is 12.4 Å². The molecular weight excluding hydrogens is 427 g/mol. The maximum atomic E-state index is 13.2. The summed E-state index contributed by atoms with van der Waals surface area (Å²) >= 11 is 0. The van der Waals surface area contributed by atoms with Gasteiger partial charge in [0.15, 0.2) is 0 Å². The second-order valence-corrected chi connectivity index (χ2v) is 7.93. The zero-order valence-electron chi connectivity index (χ0n) is 19.2. The van der Waals surface area contributed by atoms with Gasteiger partial charge < -0.3 is 20.5 Å².